The molecule has 0 aromatic rings. The van der Waals surface area contributed by atoms with Crippen LogP contribution in [0.15, 0.2) is 0 Å². The van der Waals surface area contributed by atoms with Gasteiger partial charge in [0.2, 0.25) is 0 Å². The molecule has 1 heterocycles. The van der Waals surface area contributed by atoms with E-state index in [0.717, 1.165) is 32.5 Å². The molecule has 0 saturated carbocycles. The summed E-state index contributed by atoms with van der Waals surface area (Å²) < 4.78 is 22.4. The smallest absolute Gasteiger partial charge is 0.150 e. The van der Waals surface area contributed by atoms with Crippen molar-refractivity contribution in [2.45, 2.75) is 25.8 Å². The third-order valence-corrected chi connectivity index (χ3v) is 4.47. The van der Waals surface area contributed by atoms with Crippen LogP contribution in [-0.2, 0) is 9.84 Å². The standard InChI is InChI=1S/C9H20N2O2S/c1-2-14(12,13)7-3-5-11-6-4-9(10)8-11/h9H,2-8,10H2,1H3/t9-/m1/s1. The van der Waals surface area contributed by atoms with E-state index >= 15 is 0 Å². The van der Waals surface area contributed by atoms with Gasteiger partial charge in [-0.05, 0) is 25.9 Å². The van der Waals surface area contributed by atoms with Crippen molar-refractivity contribution >= 4 is 9.84 Å². The van der Waals surface area contributed by atoms with Gasteiger partial charge in [0.05, 0.1) is 5.75 Å². The fourth-order valence-electron chi connectivity index (χ4n) is 1.72. The van der Waals surface area contributed by atoms with Crippen molar-refractivity contribution in [1.29, 1.82) is 0 Å². The van der Waals surface area contributed by atoms with Crippen LogP contribution in [0.25, 0.3) is 0 Å². The fraction of sp³-hybridized carbons (Fsp3) is 1.00. The van der Waals surface area contributed by atoms with Crippen molar-refractivity contribution in [1.82, 2.24) is 4.90 Å². The van der Waals surface area contributed by atoms with Crippen molar-refractivity contribution in [3.63, 3.8) is 0 Å². The van der Waals surface area contributed by atoms with Crippen LogP contribution in [0.2, 0.25) is 0 Å². The first-order valence-electron chi connectivity index (χ1n) is 5.22. The molecule has 84 valence electrons. The van der Waals surface area contributed by atoms with Crippen LogP contribution >= 0.6 is 0 Å². The Morgan fingerprint density at radius 1 is 1.50 bits per heavy atom. The summed E-state index contributed by atoms with van der Waals surface area (Å²) in [5.74, 6) is 0.571. The zero-order chi connectivity index (χ0) is 10.6. The molecule has 0 bridgehead atoms. The SMILES string of the molecule is CCS(=O)(=O)CCCN1CC[C@@H](N)C1. The maximum atomic E-state index is 11.2. The predicted molar refractivity (Wildman–Crippen MR) is 58.0 cm³/mol. The lowest BCUT2D eigenvalue weighted by atomic mass is 10.3. The van der Waals surface area contributed by atoms with Crippen molar-refractivity contribution in [2.75, 3.05) is 31.1 Å². The molecule has 0 aromatic heterocycles. The molecule has 0 aromatic carbocycles. The molecule has 4 nitrogen and oxygen atoms in total. The Labute approximate surface area is 86.4 Å². The van der Waals surface area contributed by atoms with Crippen LogP contribution < -0.4 is 5.73 Å². The molecule has 1 atom stereocenters. The van der Waals surface area contributed by atoms with Crippen LogP contribution in [-0.4, -0.2) is 50.5 Å². The molecule has 0 aliphatic carbocycles. The average Bonchev–Trinajstić information content (AvgIpc) is 2.51. The van der Waals surface area contributed by atoms with Crippen LogP contribution in [0.3, 0.4) is 0 Å². The Morgan fingerprint density at radius 3 is 2.71 bits per heavy atom. The topological polar surface area (TPSA) is 63.4 Å². The fourth-order valence-corrected chi connectivity index (χ4v) is 2.58. The highest BCUT2D eigenvalue weighted by atomic mass is 32.2. The third kappa shape index (κ3) is 3.94. The van der Waals surface area contributed by atoms with Crippen molar-refractivity contribution in [3.05, 3.63) is 0 Å². The van der Waals surface area contributed by atoms with Crippen molar-refractivity contribution in [2.24, 2.45) is 5.73 Å². The lowest BCUT2D eigenvalue weighted by Crippen LogP contribution is -2.28. The highest BCUT2D eigenvalue weighted by Gasteiger charge is 2.18. The monoisotopic (exact) mass is 220 g/mol. The molecular weight excluding hydrogens is 200 g/mol. The molecule has 0 spiro atoms. The minimum Gasteiger partial charge on any atom is -0.326 e. The van der Waals surface area contributed by atoms with Gasteiger partial charge < -0.3 is 10.6 Å². The van der Waals surface area contributed by atoms with Gasteiger partial charge in [-0.1, -0.05) is 6.92 Å². The van der Waals surface area contributed by atoms with Gasteiger partial charge in [-0.3, -0.25) is 0 Å². The van der Waals surface area contributed by atoms with E-state index in [-0.39, 0.29) is 11.8 Å². The summed E-state index contributed by atoms with van der Waals surface area (Å²) in [6.07, 6.45) is 1.78. The van der Waals surface area contributed by atoms with Gasteiger partial charge in [0, 0.05) is 18.3 Å². The van der Waals surface area contributed by atoms with Crippen LogP contribution in [0, 0.1) is 0 Å². The second-order valence-corrected chi connectivity index (χ2v) is 6.41. The largest absolute Gasteiger partial charge is 0.326 e. The summed E-state index contributed by atoms with van der Waals surface area (Å²) in [7, 11) is -2.78. The van der Waals surface area contributed by atoms with Gasteiger partial charge in [0.25, 0.3) is 0 Å². The van der Waals surface area contributed by atoms with Crippen molar-refractivity contribution in [3.8, 4) is 0 Å². The van der Waals surface area contributed by atoms with Crippen LogP contribution in [0.5, 0.6) is 0 Å². The Balaban J connectivity index is 2.16. The lowest BCUT2D eigenvalue weighted by molar-refractivity contribution is 0.335. The lowest BCUT2D eigenvalue weighted by Gasteiger charge is -2.14. The van der Waals surface area contributed by atoms with Gasteiger partial charge in [0.15, 0.2) is 0 Å². The van der Waals surface area contributed by atoms with E-state index in [1.54, 1.807) is 6.92 Å². The van der Waals surface area contributed by atoms with E-state index in [4.69, 9.17) is 5.73 Å². The molecular formula is C9H20N2O2S. The molecule has 1 rings (SSSR count). The van der Waals surface area contributed by atoms with Gasteiger partial charge in [-0.25, -0.2) is 8.42 Å². The Bertz CT molecular complexity index is 264. The minimum atomic E-state index is -2.78. The second kappa shape index (κ2) is 5.09. The first-order valence-corrected chi connectivity index (χ1v) is 7.04. The number of hydrogen-bond acceptors (Lipinski definition) is 4. The van der Waals surface area contributed by atoms with Crippen LogP contribution in [0.4, 0.5) is 0 Å². The van der Waals surface area contributed by atoms with E-state index in [1.807, 2.05) is 0 Å². The molecule has 5 heteroatoms. The number of hydrogen-bond donors (Lipinski definition) is 1. The summed E-state index contributed by atoms with van der Waals surface area (Å²) in [5.41, 5.74) is 5.75. The van der Waals surface area contributed by atoms with E-state index < -0.39 is 9.84 Å². The Kier molecular flexibility index (Phi) is 4.34. The molecule has 1 fully saturated rings. The normalized spacial score (nSPS) is 24.3. The molecule has 14 heavy (non-hydrogen) atoms. The summed E-state index contributed by atoms with van der Waals surface area (Å²) in [4.78, 5) is 2.25. The maximum Gasteiger partial charge on any atom is 0.150 e. The summed E-state index contributed by atoms with van der Waals surface area (Å²) in [5, 5.41) is 0. The zero-order valence-corrected chi connectivity index (χ0v) is 9.59. The van der Waals surface area contributed by atoms with E-state index in [9.17, 15) is 8.42 Å². The maximum absolute atomic E-state index is 11.2. The first-order chi connectivity index (χ1) is 6.53. The van der Waals surface area contributed by atoms with Gasteiger partial charge in [-0.15, -0.1) is 0 Å². The number of nitrogens with zero attached hydrogens (tertiary/aromatic N) is 1. The second-order valence-electron chi connectivity index (χ2n) is 3.94. The molecule has 1 saturated heterocycles. The van der Waals surface area contributed by atoms with Gasteiger partial charge in [0.1, 0.15) is 9.84 Å². The van der Waals surface area contributed by atoms with Gasteiger partial charge >= 0.3 is 0 Å². The van der Waals surface area contributed by atoms with E-state index in [2.05, 4.69) is 4.90 Å². The third-order valence-electron chi connectivity index (χ3n) is 2.68. The summed E-state index contributed by atoms with van der Waals surface area (Å²) >= 11 is 0. The number of likely N-dealkylation sites (tertiary alicyclic amines) is 1. The zero-order valence-electron chi connectivity index (χ0n) is 8.78. The number of nitrogens with two attached hydrogens (primary N) is 1. The Hall–Kier alpha value is -0.130. The molecule has 0 unspecified atom stereocenters. The first kappa shape index (κ1) is 11.9. The highest BCUT2D eigenvalue weighted by Crippen LogP contribution is 2.07. The molecule has 0 amide bonds. The average molecular weight is 220 g/mol. The number of sulfone groups is 1. The van der Waals surface area contributed by atoms with E-state index in [1.165, 1.54) is 0 Å². The van der Waals surface area contributed by atoms with E-state index in [0.29, 0.717) is 5.75 Å². The number of rotatable bonds is 5. The summed E-state index contributed by atoms with van der Waals surface area (Å²) in [6.45, 7) is 4.51. The van der Waals surface area contributed by atoms with Gasteiger partial charge in [-0.2, -0.15) is 0 Å². The van der Waals surface area contributed by atoms with Crippen LogP contribution in [0.1, 0.15) is 19.8 Å². The summed E-state index contributed by atoms with van der Waals surface area (Å²) in [6, 6.07) is 0.290. The Morgan fingerprint density at radius 2 is 2.21 bits per heavy atom. The molecule has 1 aliphatic heterocycles. The quantitative estimate of drug-likeness (QED) is 0.699. The predicted octanol–water partition coefficient (Wildman–Crippen LogP) is -0.156. The molecule has 2 N–H and O–H groups in total. The highest BCUT2D eigenvalue weighted by molar-refractivity contribution is 7.91. The molecule has 1 aliphatic rings. The molecule has 0 radical (unpaired) electrons. The minimum absolute atomic E-state index is 0.256. The van der Waals surface area contributed by atoms with Crippen molar-refractivity contribution < 1.29 is 8.42 Å².